The maximum atomic E-state index is 13.5. The Morgan fingerprint density at radius 2 is 1.85 bits per heavy atom. The molecule has 5 nitrogen and oxygen atoms in total. The monoisotopic (exact) mass is 386 g/mol. The first-order chi connectivity index (χ1) is 12.2. The molecule has 2 heterocycles. The highest BCUT2D eigenvalue weighted by Gasteiger charge is 2.34. The van der Waals surface area contributed by atoms with Crippen LogP contribution in [0.3, 0.4) is 0 Å². The van der Waals surface area contributed by atoms with Gasteiger partial charge in [0.2, 0.25) is 11.1 Å². The van der Waals surface area contributed by atoms with Gasteiger partial charge in [0.05, 0.1) is 6.20 Å². The molecule has 0 aliphatic carbocycles. The quantitative estimate of drug-likeness (QED) is 0.496. The van der Waals surface area contributed by atoms with Crippen LogP contribution < -0.4 is 4.74 Å². The predicted octanol–water partition coefficient (Wildman–Crippen LogP) is 4.27. The van der Waals surface area contributed by atoms with Crippen LogP contribution in [-0.4, -0.2) is 19.5 Å². The van der Waals surface area contributed by atoms with Crippen LogP contribution in [0.25, 0.3) is 11.4 Å². The summed E-state index contributed by atoms with van der Waals surface area (Å²) >= 11 is 5.58. The molecular formula is C16H11ClF4N4O. The summed E-state index contributed by atoms with van der Waals surface area (Å²) in [6.45, 7) is -0.00108. The Bertz CT molecular complexity index is 925. The van der Waals surface area contributed by atoms with Crippen LogP contribution in [0.5, 0.6) is 5.88 Å². The summed E-state index contributed by atoms with van der Waals surface area (Å²) in [7, 11) is 1.48. The molecule has 0 fully saturated rings. The van der Waals surface area contributed by atoms with E-state index in [0.717, 1.165) is 12.4 Å². The number of imidazole rings is 1. The minimum atomic E-state index is -4.51. The molecule has 3 rings (SSSR count). The number of nitrogens with zero attached hydrogens (tertiary/aromatic N) is 4. The molecule has 0 saturated carbocycles. The third-order valence-corrected chi connectivity index (χ3v) is 3.62. The van der Waals surface area contributed by atoms with Crippen molar-refractivity contribution in [1.82, 2.24) is 19.5 Å². The molecule has 0 N–H and O–H groups in total. The number of benzene rings is 1. The Morgan fingerprint density at radius 1 is 1.15 bits per heavy atom. The minimum Gasteiger partial charge on any atom is -0.471 e. The summed E-state index contributed by atoms with van der Waals surface area (Å²) in [5, 5.41) is -0.146. The zero-order valence-electron chi connectivity index (χ0n) is 13.3. The van der Waals surface area contributed by atoms with Crippen molar-refractivity contribution in [3.63, 3.8) is 0 Å². The smallest absolute Gasteiger partial charge is 0.434 e. The summed E-state index contributed by atoms with van der Waals surface area (Å²) in [6, 6.07) is 6.48. The van der Waals surface area contributed by atoms with E-state index in [2.05, 4.69) is 15.0 Å². The molecule has 0 radical (unpaired) electrons. The Morgan fingerprint density at radius 3 is 2.46 bits per heavy atom. The number of halogens is 5. The van der Waals surface area contributed by atoms with Gasteiger partial charge in [-0.25, -0.2) is 9.97 Å². The van der Waals surface area contributed by atoms with Crippen LogP contribution in [-0.2, 0) is 19.8 Å². The van der Waals surface area contributed by atoms with Crippen molar-refractivity contribution in [1.29, 1.82) is 0 Å². The van der Waals surface area contributed by atoms with Crippen molar-refractivity contribution in [2.24, 2.45) is 7.05 Å². The summed E-state index contributed by atoms with van der Waals surface area (Å²) < 4.78 is 58.3. The van der Waals surface area contributed by atoms with Crippen LogP contribution in [0, 0.1) is 5.82 Å². The first-order valence-corrected chi connectivity index (χ1v) is 7.62. The van der Waals surface area contributed by atoms with Gasteiger partial charge in [-0.3, -0.25) is 0 Å². The largest absolute Gasteiger partial charge is 0.471 e. The minimum absolute atomic E-state index is 0.00108. The van der Waals surface area contributed by atoms with E-state index in [1.165, 1.54) is 11.6 Å². The summed E-state index contributed by atoms with van der Waals surface area (Å²) in [4.78, 5) is 10.7. The second kappa shape index (κ2) is 6.91. The molecular weight excluding hydrogens is 376 g/mol. The highest BCUT2D eigenvalue weighted by Crippen LogP contribution is 2.30. The fourth-order valence-electron chi connectivity index (χ4n) is 2.21. The van der Waals surface area contributed by atoms with Crippen LogP contribution in [0.2, 0.25) is 5.28 Å². The normalized spacial score (nSPS) is 11.6. The van der Waals surface area contributed by atoms with Crippen molar-refractivity contribution >= 4 is 11.6 Å². The van der Waals surface area contributed by atoms with Crippen LogP contribution in [0.4, 0.5) is 17.6 Å². The molecule has 0 saturated heterocycles. The van der Waals surface area contributed by atoms with Crippen molar-refractivity contribution in [2.45, 2.75) is 12.8 Å². The van der Waals surface area contributed by atoms with E-state index in [1.54, 1.807) is 24.3 Å². The SMILES string of the molecule is Cn1cc(C(F)(F)F)nc1-c1ccc(COc2nc(Cl)ncc2F)cc1. The molecule has 10 heteroatoms. The van der Waals surface area contributed by atoms with E-state index in [9.17, 15) is 17.6 Å². The van der Waals surface area contributed by atoms with Crippen molar-refractivity contribution < 1.29 is 22.3 Å². The van der Waals surface area contributed by atoms with E-state index in [1.807, 2.05) is 0 Å². The summed E-state index contributed by atoms with van der Waals surface area (Å²) in [5.74, 6) is -0.856. The fourth-order valence-corrected chi connectivity index (χ4v) is 2.33. The van der Waals surface area contributed by atoms with Crippen LogP contribution in [0.1, 0.15) is 11.3 Å². The molecule has 0 spiro atoms. The van der Waals surface area contributed by atoms with Gasteiger partial charge >= 0.3 is 6.18 Å². The lowest BCUT2D eigenvalue weighted by Crippen LogP contribution is -2.04. The number of ether oxygens (including phenoxy) is 1. The van der Waals surface area contributed by atoms with Gasteiger partial charge in [-0.15, -0.1) is 0 Å². The molecule has 2 aromatic heterocycles. The van der Waals surface area contributed by atoms with Crippen molar-refractivity contribution in [3.8, 4) is 17.3 Å². The third-order valence-electron chi connectivity index (χ3n) is 3.44. The Balaban J connectivity index is 1.75. The van der Waals surface area contributed by atoms with Crippen molar-refractivity contribution in [3.05, 3.63) is 59.0 Å². The molecule has 0 aliphatic heterocycles. The zero-order valence-corrected chi connectivity index (χ0v) is 14.0. The Labute approximate surface area is 150 Å². The Hall–Kier alpha value is -2.68. The average Bonchev–Trinajstić information content (AvgIpc) is 2.98. The molecule has 3 aromatic rings. The number of alkyl halides is 3. The maximum absolute atomic E-state index is 13.5. The molecule has 0 bridgehead atoms. The van der Waals surface area contributed by atoms with Gasteiger partial charge in [-0.05, 0) is 17.2 Å². The van der Waals surface area contributed by atoms with Gasteiger partial charge in [0.1, 0.15) is 12.4 Å². The number of aryl methyl sites for hydroxylation is 1. The van der Waals surface area contributed by atoms with Gasteiger partial charge < -0.3 is 9.30 Å². The first kappa shape index (κ1) is 18.1. The maximum Gasteiger partial charge on any atom is 0.434 e. The molecule has 0 unspecified atom stereocenters. The Kier molecular flexibility index (Phi) is 4.82. The van der Waals surface area contributed by atoms with Gasteiger partial charge in [0.15, 0.2) is 5.69 Å². The van der Waals surface area contributed by atoms with E-state index in [4.69, 9.17) is 16.3 Å². The van der Waals surface area contributed by atoms with Crippen LogP contribution in [0.15, 0.2) is 36.7 Å². The van der Waals surface area contributed by atoms with E-state index in [-0.39, 0.29) is 23.6 Å². The lowest BCUT2D eigenvalue weighted by Gasteiger charge is -2.07. The number of hydrogen-bond donors (Lipinski definition) is 0. The first-order valence-electron chi connectivity index (χ1n) is 7.25. The van der Waals surface area contributed by atoms with Gasteiger partial charge in [0, 0.05) is 18.8 Å². The van der Waals surface area contributed by atoms with E-state index in [0.29, 0.717) is 11.1 Å². The summed E-state index contributed by atoms with van der Waals surface area (Å²) in [6.07, 6.45) is -2.69. The number of hydrogen-bond acceptors (Lipinski definition) is 4. The average molecular weight is 387 g/mol. The third kappa shape index (κ3) is 3.93. The zero-order chi connectivity index (χ0) is 18.9. The second-order valence-corrected chi connectivity index (χ2v) is 5.67. The molecule has 136 valence electrons. The second-order valence-electron chi connectivity index (χ2n) is 5.34. The van der Waals surface area contributed by atoms with E-state index >= 15 is 0 Å². The summed E-state index contributed by atoms with van der Waals surface area (Å²) in [5.41, 5.74) is 0.203. The van der Waals surface area contributed by atoms with Gasteiger partial charge in [-0.2, -0.15) is 22.5 Å². The molecule has 1 aromatic carbocycles. The lowest BCUT2D eigenvalue weighted by molar-refractivity contribution is -0.140. The highest BCUT2D eigenvalue weighted by atomic mass is 35.5. The van der Waals surface area contributed by atoms with E-state index < -0.39 is 17.7 Å². The molecule has 0 atom stereocenters. The van der Waals surface area contributed by atoms with Crippen molar-refractivity contribution in [2.75, 3.05) is 0 Å². The molecule has 0 aliphatic rings. The molecule has 26 heavy (non-hydrogen) atoms. The molecule has 0 amide bonds. The number of rotatable bonds is 4. The lowest BCUT2D eigenvalue weighted by atomic mass is 10.1. The van der Waals surface area contributed by atoms with Gasteiger partial charge in [-0.1, -0.05) is 24.3 Å². The standard InChI is InChI=1S/C16H11ClF4N4O/c1-25-7-12(16(19,20)21)23-13(25)10-4-2-9(3-5-10)8-26-14-11(18)6-22-15(17)24-14/h2-7H,8H2,1H3. The highest BCUT2D eigenvalue weighted by molar-refractivity contribution is 6.28. The van der Waals surface area contributed by atoms with Crippen LogP contribution >= 0.6 is 11.6 Å². The number of aromatic nitrogens is 4. The predicted molar refractivity (Wildman–Crippen MR) is 85.0 cm³/mol. The fraction of sp³-hybridized carbons (Fsp3) is 0.188. The topological polar surface area (TPSA) is 52.8 Å². The van der Waals surface area contributed by atoms with Gasteiger partial charge in [0.25, 0.3) is 5.88 Å².